The first kappa shape index (κ1) is 72.1. The van der Waals surface area contributed by atoms with Gasteiger partial charge in [0.25, 0.3) is 0 Å². The topological polar surface area (TPSA) is 228 Å². The third-order valence-electron chi connectivity index (χ3n) is 15.5. The van der Waals surface area contributed by atoms with Crippen LogP contribution in [0.2, 0.25) is 0 Å². The lowest BCUT2D eigenvalue weighted by atomic mass is 9.97. The molecule has 14 nitrogen and oxygen atoms in total. The van der Waals surface area contributed by atoms with Gasteiger partial charge in [0.15, 0.2) is 12.6 Å². The third kappa shape index (κ3) is 34.4. The number of aliphatic hydroxyl groups excluding tert-OH is 8. The fourth-order valence-electron chi connectivity index (χ4n) is 10.3. The first-order chi connectivity index (χ1) is 38.1. The van der Waals surface area contributed by atoms with E-state index in [2.05, 4.69) is 55.6 Å². The lowest BCUT2D eigenvalue weighted by Crippen LogP contribution is -2.65. The molecule has 2 saturated heterocycles. The number of hydrogen-bond acceptors (Lipinski definition) is 13. The van der Waals surface area contributed by atoms with Crippen LogP contribution in [0.5, 0.6) is 0 Å². The lowest BCUT2D eigenvalue weighted by molar-refractivity contribution is -0.359. The van der Waals surface area contributed by atoms with Crippen molar-refractivity contribution in [2.24, 2.45) is 0 Å². The number of ether oxygens (including phenoxy) is 4. The monoisotopic (exact) mass is 1110 g/mol. The van der Waals surface area contributed by atoms with Crippen LogP contribution in [0.4, 0.5) is 0 Å². The van der Waals surface area contributed by atoms with Crippen molar-refractivity contribution in [1.82, 2.24) is 5.32 Å². The van der Waals surface area contributed by atoms with Gasteiger partial charge in [-0.25, -0.2) is 0 Å². The van der Waals surface area contributed by atoms with Crippen molar-refractivity contribution < 1.29 is 64.6 Å². The predicted molar refractivity (Wildman–Crippen MR) is 314 cm³/mol. The fraction of sp³-hybridized carbons (Fsp3) is 0.859. The summed E-state index contributed by atoms with van der Waals surface area (Å²) in [4.78, 5) is 13.3. The maximum Gasteiger partial charge on any atom is 0.220 e. The van der Waals surface area contributed by atoms with Crippen LogP contribution in [0.25, 0.3) is 0 Å². The van der Waals surface area contributed by atoms with Gasteiger partial charge in [0.05, 0.1) is 32.0 Å². The number of rotatable bonds is 51. The minimum absolute atomic E-state index is 0.256. The molecule has 0 saturated carbocycles. The fourth-order valence-corrected chi connectivity index (χ4v) is 10.3. The molecule has 14 heteroatoms. The SMILES string of the molecule is CCCCC/C=C\C/C=C\CCCCCCCCCC(=O)NC(COC1OC(CO)C(OC2OC(CO)C(O)C(O)C2O)C(O)C1O)C(O)/C=C/CC/C=C/CCCCCCCCCCCCCCCCCCCCCCC. The van der Waals surface area contributed by atoms with E-state index in [0.29, 0.717) is 12.8 Å². The molecule has 0 spiro atoms. The molecule has 0 aromatic rings. The minimum Gasteiger partial charge on any atom is -0.394 e. The van der Waals surface area contributed by atoms with Crippen LogP contribution in [0.1, 0.15) is 258 Å². The summed E-state index contributed by atoms with van der Waals surface area (Å²) in [5.74, 6) is -0.256. The van der Waals surface area contributed by atoms with Gasteiger partial charge in [-0.3, -0.25) is 4.79 Å². The van der Waals surface area contributed by atoms with Crippen molar-refractivity contribution in [3.8, 4) is 0 Å². The van der Waals surface area contributed by atoms with E-state index in [0.717, 1.165) is 51.4 Å². The number of nitrogens with one attached hydrogen (secondary N) is 1. The molecule has 2 fully saturated rings. The van der Waals surface area contributed by atoms with Crippen LogP contribution in [-0.2, 0) is 23.7 Å². The molecular weight excluding hydrogens is 991 g/mol. The maximum atomic E-state index is 13.3. The lowest BCUT2D eigenvalue weighted by Gasteiger charge is -2.46. The van der Waals surface area contributed by atoms with Crippen LogP contribution < -0.4 is 5.32 Å². The zero-order valence-electron chi connectivity index (χ0n) is 49.2. The molecule has 2 rings (SSSR count). The zero-order valence-corrected chi connectivity index (χ0v) is 49.2. The summed E-state index contributed by atoms with van der Waals surface area (Å²) in [6.07, 6.45) is 45.9. The van der Waals surface area contributed by atoms with E-state index in [1.54, 1.807) is 6.08 Å². The Hall–Kier alpha value is -2.05. The second kappa shape index (κ2) is 49.5. The third-order valence-corrected chi connectivity index (χ3v) is 15.5. The van der Waals surface area contributed by atoms with Gasteiger partial charge in [-0.2, -0.15) is 0 Å². The molecule has 0 bridgehead atoms. The molecule has 456 valence electrons. The van der Waals surface area contributed by atoms with E-state index < -0.39 is 86.8 Å². The van der Waals surface area contributed by atoms with Crippen molar-refractivity contribution in [3.63, 3.8) is 0 Å². The van der Waals surface area contributed by atoms with Gasteiger partial charge in [0.2, 0.25) is 5.91 Å². The second-order valence-electron chi connectivity index (χ2n) is 22.5. The Morgan fingerprint density at radius 1 is 0.462 bits per heavy atom. The highest BCUT2D eigenvalue weighted by Gasteiger charge is 2.51. The summed E-state index contributed by atoms with van der Waals surface area (Å²) in [6.45, 7) is 2.77. The van der Waals surface area contributed by atoms with Gasteiger partial charge < -0.3 is 65.1 Å². The number of carbonyl (C=O) groups is 1. The first-order valence-corrected chi connectivity index (χ1v) is 31.9. The Morgan fingerprint density at radius 3 is 1.36 bits per heavy atom. The number of unbranched alkanes of at least 4 members (excludes halogenated alkanes) is 32. The van der Waals surface area contributed by atoms with Gasteiger partial charge in [0.1, 0.15) is 48.8 Å². The Bertz CT molecular complexity index is 1490. The van der Waals surface area contributed by atoms with E-state index in [9.17, 15) is 45.6 Å². The molecule has 78 heavy (non-hydrogen) atoms. The average molecular weight is 1110 g/mol. The highest BCUT2D eigenvalue weighted by atomic mass is 16.7. The molecule has 2 aliphatic heterocycles. The first-order valence-electron chi connectivity index (χ1n) is 31.9. The van der Waals surface area contributed by atoms with Gasteiger partial charge in [-0.1, -0.05) is 236 Å². The Morgan fingerprint density at radius 2 is 0.859 bits per heavy atom. The summed E-state index contributed by atoms with van der Waals surface area (Å²) in [6, 6.07) is -0.937. The molecule has 0 aromatic heterocycles. The van der Waals surface area contributed by atoms with E-state index >= 15 is 0 Å². The maximum absolute atomic E-state index is 13.3. The van der Waals surface area contributed by atoms with E-state index in [4.69, 9.17) is 18.9 Å². The predicted octanol–water partition coefficient (Wildman–Crippen LogP) is 11.6. The average Bonchev–Trinajstić information content (AvgIpc) is 3.48. The second-order valence-corrected chi connectivity index (χ2v) is 22.5. The highest BCUT2D eigenvalue weighted by molar-refractivity contribution is 5.76. The van der Waals surface area contributed by atoms with Crippen LogP contribution in [0.15, 0.2) is 48.6 Å². The normalized spacial score (nSPS) is 24.8. The van der Waals surface area contributed by atoms with Crippen molar-refractivity contribution in [1.29, 1.82) is 0 Å². The van der Waals surface area contributed by atoms with Crippen LogP contribution >= 0.6 is 0 Å². The molecule has 1 amide bonds. The van der Waals surface area contributed by atoms with Gasteiger partial charge in [0, 0.05) is 6.42 Å². The Labute approximate surface area is 473 Å². The summed E-state index contributed by atoms with van der Waals surface area (Å²) in [5, 5.41) is 87.2. The summed E-state index contributed by atoms with van der Waals surface area (Å²) in [5.41, 5.74) is 0. The van der Waals surface area contributed by atoms with Gasteiger partial charge >= 0.3 is 0 Å². The quantitative estimate of drug-likeness (QED) is 0.0204. The molecule has 12 atom stereocenters. The number of amides is 1. The molecule has 9 N–H and O–H groups in total. The van der Waals surface area contributed by atoms with E-state index in [-0.39, 0.29) is 18.9 Å². The molecule has 0 aromatic carbocycles. The highest BCUT2D eigenvalue weighted by Crippen LogP contribution is 2.30. The molecular formula is C64H117NO13. The number of allylic oxidation sites excluding steroid dienone is 7. The van der Waals surface area contributed by atoms with Crippen LogP contribution in [0, 0.1) is 0 Å². The van der Waals surface area contributed by atoms with Crippen molar-refractivity contribution in [3.05, 3.63) is 48.6 Å². The van der Waals surface area contributed by atoms with Crippen molar-refractivity contribution >= 4 is 5.91 Å². The minimum atomic E-state index is -1.79. The largest absolute Gasteiger partial charge is 0.394 e. The summed E-state index contributed by atoms with van der Waals surface area (Å²) < 4.78 is 22.8. The molecule has 2 aliphatic rings. The van der Waals surface area contributed by atoms with Crippen molar-refractivity contribution in [2.45, 2.75) is 331 Å². The zero-order chi connectivity index (χ0) is 56.7. The molecule has 0 aliphatic carbocycles. The van der Waals surface area contributed by atoms with Crippen LogP contribution in [0.3, 0.4) is 0 Å². The molecule has 2 heterocycles. The Kier molecular flexibility index (Phi) is 45.8. The molecule has 12 unspecified atom stereocenters. The number of aliphatic hydroxyl groups is 8. The summed E-state index contributed by atoms with van der Waals surface area (Å²) >= 11 is 0. The Balaban J connectivity index is 1.74. The van der Waals surface area contributed by atoms with Crippen molar-refractivity contribution in [2.75, 3.05) is 19.8 Å². The van der Waals surface area contributed by atoms with E-state index in [1.165, 1.54) is 173 Å². The standard InChI is InChI=1S/C64H117NO13/c1-3-5-7-9-11-13-15-17-19-21-22-23-24-25-26-27-28-29-30-32-33-35-37-39-41-43-45-47-53(68)52(65-56(69)48-46-44-42-40-38-36-34-31-20-18-16-14-12-10-8-6-4-2)51-75-63-61(74)59(72)62(55(50-67)77-63)78-64-60(73)58(71)57(70)54(49-66)76-64/h12,14,18,20,37,39,45,47,52-55,57-64,66-68,70-74H,3-11,13,15-17,19,21-36,38,40-44,46,48-51H2,1-2H3,(H,65,69)/b14-12-,20-18-,39-37+,47-45+. The number of carbonyl (C=O) groups excluding carboxylic acids is 1. The molecule has 0 radical (unpaired) electrons. The summed E-state index contributed by atoms with van der Waals surface area (Å²) in [7, 11) is 0. The van der Waals surface area contributed by atoms with Gasteiger partial charge in [-0.15, -0.1) is 0 Å². The smallest absolute Gasteiger partial charge is 0.220 e. The number of hydrogen-bond donors (Lipinski definition) is 9. The van der Waals surface area contributed by atoms with E-state index in [1.807, 2.05) is 6.08 Å². The van der Waals surface area contributed by atoms with Crippen LogP contribution in [-0.4, -0.2) is 140 Å². The van der Waals surface area contributed by atoms with Gasteiger partial charge in [-0.05, 0) is 64.2 Å².